The van der Waals surface area contributed by atoms with Crippen LogP contribution in [0.2, 0.25) is 0 Å². The van der Waals surface area contributed by atoms with E-state index in [1.807, 2.05) is 52.0 Å². The first-order valence-corrected chi connectivity index (χ1v) is 12.6. The minimum atomic E-state index is -0.847. The molecule has 0 spiro atoms. The van der Waals surface area contributed by atoms with Crippen LogP contribution in [0, 0.1) is 13.8 Å². The molecule has 0 bridgehead atoms. The zero-order valence-corrected chi connectivity index (χ0v) is 22.3. The maximum absolute atomic E-state index is 12.8. The summed E-state index contributed by atoms with van der Waals surface area (Å²) in [6, 6.07) is 15.6. The zero-order valence-electron chi connectivity index (χ0n) is 22.3. The summed E-state index contributed by atoms with van der Waals surface area (Å²) in [6.07, 6.45) is 0.921. The van der Waals surface area contributed by atoms with Crippen molar-refractivity contribution in [2.75, 3.05) is 18.4 Å². The number of hydrogen-bond donors (Lipinski definition) is 6. The second kappa shape index (κ2) is 12.6. The number of hydrogen-bond acceptors (Lipinski definition) is 6. The molecule has 0 heterocycles. The molecule has 38 heavy (non-hydrogen) atoms. The van der Waals surface area contributed by atoms with Crippen LogP contribution < -0.4 is 16.0 Å². The third kappa shape index (κ3) is 7.57. The van der Waals surface area contributed by atoms with Gasteiger partial charge in [-0.05, 0) is 98.7 Å². The van der Waals surface area contributed by atoms with Crippen molar-refractivity contribution in [1.82, 2.24) is 10.6 Å². The number of aliphatic hydroxyl groups excluding tert-OH is 1. The summed E-state index contributed by atoms with van der Waals surface area (Å²) in [7, 11) is 0. The molecule has 0 aliphatic carbocycles. The van der Waals surface area contributed by atoms with Crippen molar-refractivity contribution in [3.05, 3.63) is 88.0 Å². The molecule has 6 N–H and O–H groups in total. The van der Waals surface area contributed by atoms with Crippen molar-refractivity contribution in [2.24, 2.45) is 0 Å². The number of rotatable bonds is 12. The number of benzene rings is 3. The average Bonchev–Trinajstić information content (AvgIpc) is 2.88. The smallest absolute Gasteiger partial charge is 0.251 e. The number of amides is 2. The van der Waals surface area contributed by atoms with Crippen molar-refractivity contribution in [2.45, 2.75) is 52.2 Å². The van der Waals surface area contributed by atoms with Crippen LogP contribution in [0.25, 0.3) is 0 Å². The first kappa shape index (κ1) is 28.7. The van der Waals surface area contributed by atoms with E-state index in [2.05, 4.69) is 16.0 Å². The van der Waals surface area contributed by atoms with Gasteiger partial charge in [-0.15, -0.1) is 0 Å². The lowest BCUT2D eigenvalue weighted by Crippen LogP contribution is -2.43. The van der Waals surface area contributed by atoms with E-state index in [0.29, 0.717) is 36.9 Å². The maximum atomic E-state index is 12.8. The van der Waals surface area contributed by atoms with Crippen LogP contribution in [-0.4, -0.2) is 46.3 Å². The summed E-state index contributed by atoms with van der Waals surface area (Å²) in [5, 5.41) is 39.0. The van der Waals surface area contributed by atoms with E-state index < -0.39 is 6.10 Å². The fraction of sp³-hybridized carbons (Fsp3) is 0.333. The van der Waals surface area contributed by atoms with Gasteiger partial charge in [0.2, 0.25) is 6.41 Å². The number of aliphatic hydroxyl groups is 1. The van der Waals surface area contributed by atoms with E-state index in [0.717, 1.165) is 22.3 Å². The third-order valence-electron chi connectivity index (χ3n) is 6.78. The van der Waals surface area contributed by atoms with E-state index in [1.54, 1.807) is 18.2 Å². The number of carbonyl (C=O) groups excluding carboxylic acids is 2. The molecule has 0 saturated carbocycles. The second-order valence-corrected chi connectivity index (χ2v) is 10.2. The van der Waals surface area contributed by atoms with Crippen molar-refractivity contribution in [3.8, 4) is 11.5 Å². The van der Waals surface area contributed by atoms with Crippen LogP contribution in [0.5, 0.6) is 11.5 Å². The van der Waals surface area contributed by atoms with E-state index >= 15 is 0 Å². The van der Waals surface area contributed by atoms with Crippen molar-refractivity contribution in [3.63, 3.8) is 0 Å². The molecule has 0 aliphatic heterocycles. The number of anilines is 1. The standard InChI is InChI=1S/C30H37N3O5/c1-19-20(2)26(35)10-8-22(19)12-13-31-29(38)24-7-5-6-21(14-24)16-30(3,4)33-17-28(37)23-9-11-27(36)25(15-23)32-18-34/h5-11,14-15,18,28,33,35-37H,12-13,16-17H2,1-4H3,(H,31,38)(H,32,34)/t28-/m1/s1. The lowest BCUT2D eigenvalue weighted by atomic mass is 9.93. The minimum absolute atomic E-state index is 0.0733. The van der Waals surface area contributed by atoms with Gasteiger partial charge < -0.3 is 31.3 Å². The molecule has 1 atom stereocenters. The van der Waals surface area contributed by atoms with Gasteiger partial charge in [0.05, 0.1) is 11.8 Å². The van der Waals surface area contributed by atoms with Crippen molar-refractivity contribution in [1.29, 1.82) is 0 Å². The quantitative estimate of drug-likeness (QED) is 0.159. The largest absolute Gasteiger partial charge is 0.508 e. The van der Waals surface area contributed by atoms with Crippen LogP contribution in [0.3, 0.4) is 0 Å². The van der Waals surface area contributed by atoms with Gasteiger partial charge in [0, 0.05) is 24.2 Å². The Balaban J connectivity index is 1.55. The molecular formula is C30H37N3O5. The molecule has 8 heteroatoms. The minimum Gasteiger partial charge on any atom is -0.508 e. The van der Waals surface area contributed by atoms with Crippen LogP contribution in [0.15, 0.2) is 54.6 Å². The first-order chi connectivity index (χ1) is 18.0. The Morgan fingerprint density at radius 3 is 2.47 bits per heavy atom. The number of phenolic OH excluding ortho intramolecular Hbond substituents is 2. The van der Waals surface area contributed by atoms with E-state index in [9.17, 15) is 24.9 Å². The Labute approximate surface area is 223 Å². The van der Waals surface area contributed by atoms with Crippen LogP contribution in [-0.2, 0) is 17.6 Å². The number of β-amino-alcohol motifs (C(OH)–C–C–N with tert-alkyl or cyclic N) is 1. The van der Waals surface area contributed by atoms with Gasteiger partial charge in [-0.1, -0.05) is 24.3 Å². The number of carbonyl (C=O) groups is 2. The molecule has 0 aromatic heterocycles. The summed E-state index contributed by atoms with van der Waals surface area (Å²) in [6.45, 7) is 8.63. The molecule has 8 nitrogen and oxygen atoms in total. The number of aromatic hydroxyl groups is 2. The van der Waals surface area contributed by atoms with Gasteiger partial charge >= 0.3 is 0 Å². The Morgan fingerprint density at radius 2 is 1.74 bits per heavy atom. The van der Waals surface area contributed by atoms with Gasteiger partial charge in [0.15, 0.2) is 0 Å². The van der Waals surface area contributed by atoms with E-state index in [1.165, 1.54) is 12.1 Å². The Kier molecular flexibility index (Phi) is 9.50. The topological polar surface area (TPSA) is 131 Å². The summed E-state index contributed by atoms with van der Waals surface area (Å²) in [4.78, 5) is 23.5. The SMILES string of the molecule is Cc1c(O)ccc(CCNC(=O)c2cccc(CC(C)(C)NC[C@@H](O)c3ccc(O)c(NC=O)c3)c2)c1C. The fourth-order valence-electron chi connectivity index (χ4n) is 4.37. The Hall–Kier alpha value is -3.88. The predicted molar refractivity (Wildman–Crippen MR) is 149 cm³/mol. The lowest BCUT2D eigenvalue weighted by Gasteiger charge is -2.28. The summed E-state index contributed by atoms with van der Waals surface area (Å²) in [5.41, 5.74) is 4.95. The van der Waals surface area contributed by atoms with Crippen LogP contribution >= 0.6 is 0 Å². The van der Waals surface area contributed by atoms with E-state index in [-0.39, 0.29) is 35.2 Å². The average molecular weight is 520 g/mol. The van der Waals surface area contributed by atoms with E-state index in [4.69, 9.17) is 0 Å². The normalized spacial score (nSPS) is 12.1. The van der Waals surface area contributed by atoms with Crippen LogP contribution in [0.4, 0.5) is 5.69 Å². The molecule has 2 amide bonds. The highest BCUT2D eigenvalue weighted by molar-refractivity contribution is 5.94. The molecule has 0 radical (unpaired) electrons. The lowest BCUT2D eigenvalue weighted by molar-refractivity contribution is -0.105. The maximum Gasteiger partial charge on any atom is 0.251 e. The molecule has 0 saturated heterocycles. The van der Waals surface area contributed by atoms with Gasteiger partial charge in [-0.3, -0.25) is 9.59 Å². The fourth-order valence-corrected chi connectivity index (χ4v) is 4.37. The molecule has 0 unspecified atom stereocenters. The summed E-state index contributed by atoms with van der Waals surface area (Å²) < 4.78 is 0. The highest BCUT2D eigenvalue weighted by Gasteiger charge is 2.21. The molecule has 3 rings (SSSR count). The van der Waals surface area contributed by atoms with Crippen LogP contribution in [0.1, 0.15) is 58.1 Å². The molecule has 3 aromatic carbocycles. The highest BCUT2D eigenvalue weighted by atomic mass is 16.3. The monoisotopic (exact) mass is 519 g/mol. The number of phenols is 2. The molecular weight excluding hydrogens is 482 g/mol. The predicted octanol–water partition coefficient (Wildman–Crippen LogP) is 3.90. The highest BCUT2D eigenvalue weighted by Crippen LogP contribution is 2.27. The van der Waals surface area contributed by atoms with Gasteiger partial charge in [-0.25, -0.2) is 0 Å². The zero-order chi connectivity index (χ0) is 27.9. The Bertz CT molecular complexity index is 1290. The van der Waals surface area contributed by atoms with Gasteiger partial charge in [0.1, 0.15) is 11.5 Å². The molecule has 3 aromatic rings. The third-order valence-corrected chi connectivity index (χ3v) is 6.78. The first-order valence-electron chi connectivity index (χ1n) is 12.6. The number of nitrogens with one attached hydrogen (secondary N) is 3. The molecule has 0 aliphatic rings. The van der Waals surface area contributed by atoms with Gasteiger partial charge in [-0.2, -0.15) is 0 Å². The Morgan fingerprint density at radius 1 is 1.00 bits per heavy atom. The summed E-state index contributed by atoms with van der Waals surface area (Å²) >= 11 is 0. The van der Waals surface area contributed by atoms with Gasteiger partial charge in [0.25, 0.3) is 5.91 Å². The second-order valence-electron chi connectivity index (χ2n) is 10.2. The van der Waals surface area contributed by atoms with Crippen molar-refractivity contribution >= 4 is 18.0 Å². The van der Waals surface area contributed by atoms with Crippen molar-refractivity contribution < 1.29 is 24.9 Å². The summed E-state index contributed by atoms with van der Waals surface area (Å²) in [5.74, 6) is 0.0597. The molecule has 0 fully saturated rings. The molecule has 202 valence electrons.